The molecule has 1 aromatic rings. The number of hydrogen-bond acceptors (Lipinski definition) is 2. The van der Waals surface area contributed by atoms with Gasteiger partial charge >= 0.3 is 0 Å². The van der Waals surface area contributed by atoms with E-state index < -0.39 is 0 Å². The molecule has 1 unspecified atom stereocenters. The van der Waals surface area contributed by atoms with E-state index in [9.17, 15) is 0 Å². The van der Waals surface area contributed by atoms with Gasteiger partial charge in [-0.2, -0.15) is 11.3 Å². The normalized spacial score (nSPS) is 23.1. The van der Waals surface area contributed by atoms with Crippen molar-refractivity contribution < 1.29 is 0 Å². The molecule has 0 aliphatic carbocycles. The summed E-state index contributed by atoms with van der Waals surface area (Å²) in [5.41, 5.74) is 1.48. The monoisotopic (exact) mass is 273 g/mol. The number of rotatable bonds is 4. The van der Waals surface area contributed by atoms with Crippen LogP contribution in [0.15, 0.2) is 16.8 Å². The molecule has 0 spiro atoms. The van der Waals surface area contributed by atoms with Crippen LogP contribution in [-0.2, 0) is 6.54 Å². The fraction of sp³-hybridized carbons (Fsp3) is 0.636. The summed E-state index contributed by atoms with van der Waals surface area (Å²) < 4.78 is 0. The van der Waals surface area contributed by atoms with Gasteiger partial charge in [-0.05, 0) is 47.7 Å². The van der Waals surface area contributed by atoms with Crippen molar-refractivity contribution in [2.45, 2.75) is 19.4 Å². The Hall–Kier alpha value is 0.140. The van der Waals surface area contributed by atoms with Crippen LogP contribution in [0.5, 0.6) is 0 Å². The summed E-state index contributed by atoms with van der Waals surface area (Å²) in [5, 5.41) is 5.59. The molecular formula is C11H16BrNS. The molecule has 78 valence electrons. The predicted molar refractivity (Wildman–Crippen MR) is 66.1 cm³/mol. The molecule has 1 aromatic heterocycles. The highest BCUT2D eigenvalue weighted by Gasteiger charge is 2.21. The van der Waals surface area contributed by atoms with Crippen LogP contribution in [0.1, 0.15) is 18.4 Å². The first-order valence-electron chi connectivity index (χ1n) is 5.18. The van der Waals surface area contributed by atoms with Crippen LogP contribution in [0.25, 0.3) is 0 Å². The van der Waals surface area contributed by atoms with Crippen LogP contribution in [-0.4, -0.2) is 23.3 Å². The number of alkyl halides is 1. The van der Waals surface area contributed by atoms with Crippen molar-refractivity contribution in [3.8, 4) is 0 Å². The zero-order valence-corrected chi connectivity index (χ0v) is 10.7. The maximum atomic E-state index is 3.52. The van der Waals surface area contributed by atoms with E-state index in [1.54, 1.807) is 11.3 Å². The van der Waals surface area contributed by atoms with Crippen molar-refractivity contribution in [2.75, 3.05) is 18.4 Å². The molecule has 0 saturated carbocycles. The van der Waals surface area contributed by atoms with Gasteiger partial charge in [-0.3, -0.25) is 4.90 Å². The van der Waals surface area contributed by atoms with Gasteiger partial charge in [0.25, 0.3) is 0 Å². The van der Waals surface area contributed by atoms with Crippen molar-refractivity contribution >= 4 is 27.3 Å². The van der Waals surface area contributed by atoms with Gasteiger partial charge in [0.05, 0.1) is 0 Å². The van der Waals surface area contributed by atoms with Crippen LogP contribution in [0.2, 0.25) is 0 Å². The SMILES string of the molecule is BrCCC1CCN(Cc2ccsc2)C1. The Kier molecular flexibility index (Phi) is 4.02. The second kappa shape index (κ2) is 5.29. The number of halogens is 1. The molecule has 1 nitrogen and oxygen atoms in total. The Balaban J connectivity index is 1.79. The van der Waals surface area contributed by atoms with Crippen LogP contribution in [0.3, 0.4) is 0 Å². The summed E-state index contributed by atoms with van der Waals surface area (Å²) in [6.07, 6.45) is 2.72. The molecular weight excluding hydrogens is 258 g/mol. The average Bonchev–Trinajstić information content (AvgIpc) is 2.79. The summed E-state index contributed by atoms with van der Waals surface area (Å²) in [6, 6.07) is 2.24. The lowest BCUT2D eigenvalue weighted by molar-refractivity contribution is 0.316. The summed E-state index contributed by atoms with van der Waals surface area (Å²) in [7, 11) is 0. The Morgan fingerprint density at radius 3 is 3.21 bits per heavy atom. The fourth-order valence-electron chi connectivity index (χ4n) is 2.09. The predicted octanol–water partition coefficient (Wildman–Crippen LogP) is 3.36. The summed E-state index contributed by atoms with van der Waals surface area (Å²) in [6.45, 7) is 3.73. The third-order valence-corrected chi connectivity index (χ3v) is 4.06. The second-order valence-corrected chi connectivity index (χ2v) is 5.57. The summed E-state index contributed by atoms with van der Waals surface area (Å²) in [4.78, 5) is 2.58. The maximum Gasteiger partial charge on any atom is 0.0242 e. The third-order valence-electron chi connectivity index (χ3n) is 2.87. The van der Waals surface area contributed by atoms with E-state index in [1.807, 2.05) is 0 Å². The van der Waals surface area contributed by atoms with Gasteiger partial charge in [0.2, 0.25) is 0 Å². The van der Waals surface area contributed by atoms with E-state index in [0.29, 0.717) is 0 Å². The molecule has 0 amide bonds. The first-order chi connectivity index (χ1) is 6.88. The highest BCUT2D eigenvalue weighted by Crippen LogP contribution is 2.22. The van der Waals surface area contributed by atoms with Crippen molar-refractivity contribution in [1.82, 2.24) is 4.90 Å². The van der Waals surface area contributed by atoms with E-state index in [2.05, 4.69) is 37.7 Å². The van der Waals surface area contributed by atoms with Crippen LogP contribution >= 0.6 is 27.3 Å². The largest absolute Gasteiger partial charge is 0.299 e. The lowest BCUT2D eigenvalue weighted by Gasteiger charge is -2.14. The minimum Gasteiger partial charge on any atom is -0.299 e. The van der Waals surface area contributed by atoms with Gasteiger partial charge in [0, 0.05) is 18.4 Å². The summed E-state index contributed by atoms with van der Waals surface area (Å²) >= 11 is 5.32. The molecule has 3 heteroatoms. The molecule has 1 aliphatic rings. The number of likely N-dealkylation sites (tertiary alicyclic amines) is 1. The lowest BCUT2D eigenvalue weighted by Crippen LogP contribution is -2.19. The molecule has 1 saturated heterocycles. The molecule has 0 bridgehead atoms. The topological polar surface area (TPSA) is 3.24 Å². The zero-order valence-electron chi connectivity index (χ0n) is 8.29. The molecule has 1 aliphatic heterocycles. The second-order valence-electron chi connectivity index (χ2n) is 4.00. The average molecular weight is 274 g/mol. The van der Waals surface area contributed by atoms with E-state index in [-0.39, 0.29) is 0 Å². The number of nitrogens with zero attached hydrogens (tertiary/aromatic N) is 1. The Morgan fingerprint density at radius 2 is 2.50 bits per heavy atom. The van der Waals surface area contributed by atoms with Crippen LogP contribution in [0, 0.1) is 5.92 Å². The number of thiophene rings is 1. The molecule has 14 heavy (non-hydrogen) atoms. The molecule has 0 aromatic carbocycles. The first-order valence-corrected chi connectivity index (χ1v) is 7.24. The van der Waals surface area contributed by atoms with Crippen molar-refractivity contribution in [1.29, 1.82) is 0 Å². The van der Waals surface area contributed by atoms with Crippen LogP contribution in [0.4, 0.5) is 0 Å². The van der Waals surface area contributed by atoms with Gasteiger partial charge in [0.15, 0.2) is 0 Å². The van der Waals surface area contributed by atoms with E-state index in [0.717, 1.165) is 17.8 Å². The molecule has 0 N–H and O–H groups in total. The van der Waals surface area contributed by atoms with Gasteiger partial charge in [0.1, 0.15) is 0 Å². The van der Waals surface area contributed by atoms with Gasteiger partial charge in [-0.15, -0.1) is 0 Å². The van der Waals surface area contributed by atoms with Gasteiger partial charge < -0.3 is 0 Å². The molecule has 1 atom stereocenters. The number of hydrogen-bond donors (Lipinski definition) is 0. The fourth-order valence-corrected chi connectivity index (χ4v) is 3.39. The van der Waals surface area contributed by atoms with Crippen LogP contribution < -0.4 is 0 Å². The first kappa shape index (κ1) is 10.7. The van der Waals surface area contributed by atoms with Crippen molar-refractivity contribution in [2.24, 2.45) is 5.92 Å². The molecule has 2 heterocycles. The van der Waals surface area contributed by atoms with Gasteiger partial charge in [-0.25, -0.2) is 0 Å². The maximum absolute atomic E-state index is 3.52. The van der Waals surface area contributed by atoms with E-state index in [4.69, 9.17) is 0 Å². The molecule has 1 fully saturated rings. The van der Waals surface area contributed by atoms with Crippen molar-refractivity contribution in [3.63, 3.8) is 0 Å². The zero-order chi connectivity index (χ0) is 9.80. The summed E-state index contributed by atoms with van der Waals surface area (Å²) in [5.74, 6) is 0.924. The Bertz CT molecular complexity index is 260. The Labute approximate surface area is 98.2 Å². The lowest BCUT2D eigenvalue weighted by atomic mass is 10.1. The smallest absolute Gasteiger partial charge is 0.0242 e. The minimum absolute atomic E-state index is 0.924. The standard InChI is InChI=1S/C11H16BrNS/c12-4-1-10-2-5-13(7-10)8-11-3-6-14-9-11/h3,6,9-10H,1-2,4-5,7-8H2. The van der Waals surface area contributed by atoms with E-state index in [1.165, 1.54) is 31.5 Å². The highest BCUT2D eigenvalue weighted by molar-refractivity contribution is 9.09. The van der Waals surface area contributed by atoms with Gasteiger partial charge in [-0.1, -0.05) is 15.9 Å². The molecule has 0 radical (unpaired) electrons. The Morgan fingerprint density at radius 1 is 1.57 bits per heavy atom. The third kappa shape index (κ3) is 2.81. The highest BCUT2D eigenvalue weighted by atomic mass is 79.9. The minimum atomic E-state index is 0.924. The molecule has 2 rings (SSSR count). The van der Waals surface area contributed by atoms with E-state index >= 15 is 0 Å². The van der Waals surface area contributed by atoms with Crippen molar-refractivity contribution in [3.05, 3.63) is 22.4 Å². The quantitative estimate of drug-likeness (QED) is 0.761.